The average molecular weight is 266 g/mol. The Kier molecular flexibility index (Phi) is 4.03. The first-order chi connectivity index (χ1) is 8.65. The summed E-state index contributed by atoms with van der Waals surface area (Å²) in [6.07, 6.45) is 1.74. The van der Waals surface area contributed by atoms with E-state index in [1.165, 1.54) is 0 Å². The van der Waals surface area contributed by atoms with Crippen LogP contribution in [0.5, 0.6) is 0 Å². The molecule has 96 valence electrons. The molecule has 0 saturated carbocycles. The molecule has 1 aromatic heterocycles. The Morgan fingerprint density at radius 2 is 2.44 bits per heavy atom. The zero-order valence-electron chi connectivity index (χ0n) is 10.0. The maximum Gasteiger partial charge on any atom is 0.268 e. The highest BCUT2D eigenvalue weighted by Gasteiger charge is 2.20. The molecule has 7 heteroatoms. The van der Waals surface area contributed by atoms with Crippen LogP contribution in [0.1, 0.15) is 23.5 Å². The van der Waals surface area contributed by atoms with E-state index in [1.54, 1.807) is 11.3 Å². The zero-order valence-corrected chi connectivity index (χ0v) is 10.8. The fraction of sp³-hybridized carbons (Fsp3) is 0.455. The second-order valence-corrected chi connectivity index (χ2v) is 4.95. The number of nitrogens with zero attached hydrogens (tertiary/aromatic N) is 2. The minimum Gasteiger partial charge on any atom is -0.351 e. The summed E-state index contributed by atoms with van der Waals surface area (Å²) in [7, 11) is 0. The van der Waals surface area contributed by atoms with Crippen LogP contribution >= 0.6 is 11.3 Å². The Morgan fingerprint density at radius 3 is 3.06 bits per heavy atom. The van der Waals surface area contributed by atoms with Gasteiger partial charge >= 0.3 is 0 Å². The summed E-state index contributed by atoms with van der Waals surface area (Å²) >= 11 is 1.63. The fourth-order valence-corrected chi connectivity index (χ4v) is 2.37. The summed E-state index contributed by atoms with van der Waals surface area (Å²) in [5, 5.41) is 9.48. The van der Waals surface area contributed by atoms with Crippen molar-refractivity contribution in [2.45, 2.75) is 26.2 Å². The van der Waals surface area contributed by atoms with E-state index in [0.717, 1.165) is 23.5 Å². The van der Waals surface area contributed by atoms with Crippen LogP contribution in [0.3, 0.4) is 0 Å². The number of carbonyl (C=O) groups excluding carboxylic acids is 2. The Bertz CT molecular complexity index is 495. The molecule has 0 aromatic carbocycles. The van der Waals surface area contributed by atoms with Gasteiger partial charge in [-0.2, -0.15) is 5.10 Å². The Morgan fingerprint density at radius 1 is 1.61 bits per heavy atom. The van der Waals surface area contributed by atoms with E-state index in [-0.39, 0.29) is 23.9 Å². The highest BCUT2D eigenvalue weighted by molar-refractivity contribution is 7.09. The van der Waals surface area contributed by atoms with Gasteiger partial charge in [0.1, 0.15) is 5.71 Å². The first-order valence-electron chi connectivity index (χ1n) is 5.70. The lowest BCUT2D eigenvalue weighted by molar-refractivity contribution is -0.120. The Labute approximate surface area is 108 Å². The van der Waals surface area contributed by atoms with E-state index < -0.39 is 0 Å². The van der Waals surface area contributed by atoms with Gasteiger partial charge in [0.05, 0.1) is 11.4 Å². The molecule has 2 amide bonds. The molecule has 0 fully saturated rings. The number of hydrogen-bond donors (Lipinski definition) is 2. The van der Waals surface area contributed by atoms with Crippen LogP contribution in [0, 0.1) is 6.92 Å². The summed E-state index contributed by atoms with van der Waals surface area (Å²) in [6, 6.07) is 0. The van der Waals surface area contributed by atoms with Crippen LogP contribution in [0.15, 0.2) is 10.5 Å². The van der Waals surface area contributed by atoms with Gasteiger partial charge in [-0.3, -0.25) is 9.59 Å². The lowest BCUT2D eigenvalue weighted by Gasteiger charge is -2.02. The van der Waals surface area contributed by atoms with Gasteiger partial charge in [-0.25, -0.2) is 10.4 Å². The molecule has 0 saturated heterocycles. The third-order valence-corrected chi connectivity index (χ3v) is 3.45. The average Bonchev–Trinajstić information content (AvgIpc) is 2.93. The smallest absolute Gasteiger partial charge is 0.268 e. The number of thiazole rings is 1. The van der Waals surface area contributed by atoms with Crippen LogP contribution in [0.25, 0.3) is 0 Å². The van der Waals surface area contributed by atoms with E-state index >= 15 is 0 Å². The highest BCUT2D eigenvalue weighted by Crippen LogP contribution is 2.10. The van der Waals surface area contributed by atoms with Crippen molar-refractivity contribution in [3.63, 3.8) is 0 Å². The molecule has 2 rings (SSSR count). The van der Waals surface area contributed by atoms with E-state index in [9.17, 15) is 9.59 Å². The SMILES string of the molecule is Cc1csc(CCCNC(=O)C2=NNC(=O)C2)n1. The third kappa shape index (κ3) is 3.36. The number of aryl methyl sites for hydroxylation is 2. The molecule has 0 radical (unpaired) electrons. The van der Waals surface area contributed by atoms with E-state index in [2.05, 4.69) is 20.8 Å². The van der Waals surface area contributed by atoms with Crippen LogP contribution in [0.2, 0.25) is 0 Å². The molecule has 1 aliphatic rings. The second kappa shape index (κ2) is 5.72. The van der Waals surface area contributed by atoms with Crippen molar-refractivity contribution in [2.75, 3.05) is 6.54 Å². The first-order valence-corrected chi connectivity index (χ1v) is 6.58. The van der Waals surface area contributed by atoms with E-state index in [1.807, 2.05) is 12.3 Å². The normalized spacial score (nSPS) is 14.3. The molecule has 1 aromatic rings. The van der Waals surface area contributed by atoms with Crippen molar-refractivity contribution >= 4 is 28.9 Å². The van der Waals surface area contributed by atoms with Gasteiger partial charge in [-0.05, 0) is 13.3 Å². The molecule has 0 atom stereocenters. The van der Waals surface area contributed by atoms with Crippen LogP contribution in [-0.2, 0) is 16.0 Å². The van der Waals surface area contributed by atoms with Gasteiger partial charge < -0.3 is 5.32 Å². The molecular formula is C11H14N4O2S. The zero-order chi connectivity index (χ0) is 13.0. The van der Waals surface area contributed by atoms with Crippen molar-refractivity contribution in [2.24, 2.45) is 5.10 Å². The fourth-order valence-electron chi connectivity index (χ4n) is 1.55. The van der Waals surface area contributed by atoms with Crippen LogP contribution < -0.4 is 10.7 Å². The summed E-state index contributed by atoms with van der Waals surface area (Å²) in [4.78, 5) is 26.8. The Balaban J connectivity index is 1.66. The maximum atomic E-state index is 11.6. The molecule has 18 heavy (non-hydrogen) atoms. The number of hydrazone groups is 1. The van der Waals surface area contributed by atoms with E-state index in [4.69, 9.17) is 0 Å². The van der Waals surface area contributed by atoms with Crippen molar-refractivity contribution in [3.8, 4) is 0 Å². The number of nitrogens with one attached hydrogen (secondary N) is 2. The van der Waals surface area contributed by atoms with Crippen molar-refractivity contribution in [3.05, 3.63) is 16.1 Å². The lowest BCUT2D eigenvalue weighted by Crippen LogP contribution is -2.31. The van der Waals surface area contributed by atoms with Gasteiger partial charge in [-0.15, -0.1) is 11.3 Å². The molecule has 0 spiro atoms. The molecule has 0 unspecified atom stereocenters. The molecular weight excluding hydrogens is 252 g/mol. The summed E-state index contributed by atoms with van der Waals surface area (Å²) < 4.78 is 0. The molecule has 6 nitrogen and oxygen atoms in total. The number of rotatable bonds is 5. The quantitative estimate of drug-likeness (QED) is 0.756. The van der Waals surface area contributed by atoms with Gasteiger partial charge in [0.15, 0.2) is 0 Å². The van der Waals surface area contributed by atoms with Gasteiger partial charge in [0.2, 0.25) is 5.91 Å². The highest BCUT2D eigenvalue weighted by atomic mass is 32.1. The third-order valence-electron chi connectivity index (χ3n) is 2.43. The minimum absolute atomic E-state index is 0.0670. The number of aromatic nitrogens is 1. The predicted octanol–water partition coefficient (Wildman–Crippen LogP) is 0.376. The van der Waals surface area contributed by atoms with Gasteiger partial charge in [-0.1, -0.05) is 0 Å². The lowest BCUT2D eigenvalue weighted by atomic mass is 10.2. The number of amides is 2. The van der Waals surface area contributed by atoms with Gasteiger partial charge in [0.25, 0.3) is 5.91 Å². The van der Waals surface area contributed by atoms with Crippen molar-refractivity contribution in [1.82, 2.24) is 15.7 Å². The predicted molar refractivity (Wildman–Crippen MR) is 68.4 cm³/mol. The van der Waals surface area contributed by atoms with Crippen LogP contribution in [0.4, 0.5) is 0 Å². The minimum atomic E-state index is -0.274. The maximum absolute atomic E-state index is 11.6. The molecule has 0 bridgehead atoms. The first kappa shape index (κ1) is 12.7. The number of hydrogen-bond acceptors (Lipinski definition) is 5. The topological polar surface area (TPSA) is 83.5 Å². The number of carbonyl (C=O) groups is 2. The molecule has 2 N–H and O–H groups in total. The van der Waals surface area contributed by atoms with Crippen molar-refractivity contribution < 1.29 is 9.59 Å². The largest absolute Gasteiger partial charge is 0.351 e. The summed E-state index contributed by atoms with van der Waals surface area (Å²) in [5.74, 6) is -0.512. The standard InChI is InChI=1S/C11H14N4O2S/c1-7-6-18-10(13-7)3-2-4-12-11(17)8-5-9(16)15-14-8/h6H,2-5H2,1H3,(H,12,17)(H,15,16). The monoisotopic (exact) mass is 266 g/mol. The van der Waals surface area contributed by atoms with Crippen LogP contribution in [-0.4, -0.2) is 29.1 Å². The summed E-state index contributed by atoms with van der Waals surface area (Å²) in [6.45, 7) is 2.52. The molecule has 0 aliphatic carbocycles. The molecule has 1 aliphatic heterocycles. The van der Waals surface area contributed by atoms with E-state index in [0.29, 0.717) is 6.54 Å². The van der Waals surface area contributed by atoms with Crippen molar-refractivity contribution in [1.29, 1.82) is 0 Å². The Hall–Kier alpha value is -1.76. The summed E-state index contributed by atoms with van der Waals surface area (Å²) in [5.41, 5.74) is 3.54. The molecule has 2 heterocycles. The second-order valence-electron chi connectivity index (χ2n) is 4.01. The van der Waals surface area contributed by atoms with Gasteiger partial charge in [0, 0.05) is 24.0 Å².